The summed E-state index contributed by atoms with van der Waals surface area (Å²) in [5, 5.41) is 0. The molecule has 0 aliphatic heterocycles. The monoisotopic (exact) mass is 376 g/mol. The predicted octanol–water partition coefficient (Wildman–Crippen LogP) is 1.83. The second-order valence-electron chi connectivity index (χ2n) is 3.03. The van der Waals surface area contributed by atoms with Crippen molar-refractivity contribution in [2.24, 2.45) is 5.73 Å². The molecule has 0 aliphatic rings. The standard InChI is InChI=1S/C9H8F3IN2O3/c1-17-8(16)6-4(3-14)2-5(13)7(15-6)18-9(10,11)12/h2H,3,14H2,1H3. The first kappa shape index (κ1) is 15.0. The molecule has 0 amide bonds. The van der Waals surface area contributed by atoms with Gasteiger partial charge in [0.05, 0.1) is 10.7 Å². The van der Waals surface area contributed by atoms with Crippen molar-refractivity contribution in [3.8, 4) is 5.88 Å². The van der Waals surface area contributed by atoms with Crippen LogP contribution in [0.2, 0.25) is 0 Å². The summed E-state index contributed by atoms with van der Waals surface area (Å²) < 4.78 is 44.5. The van der Waals surface area contributed by atoms with Crippen LogP contribution in [0.3, 0.4) is 0 Å². The van der Waals surface area contributed by atoms with Crippen molar-refractivity contribution in [3.63, 3.8) is 0 Å². The molecule has 0 bridgehead atoms. The Morgan fingerprint density at radius 2 is 2.17 bits per heavy atom. The quantitative estimate of drug-likeness (QED) is 0.644. The summed E-state index contributed by atoms with van der Waals surface area (Å²) in [6, 6.07) is 1.29. The summed E-state index contributed by atoms with van der Waals surface area (Å²) in [6.07, 6.45) is -4.88. The van der Waals surface area contributed by atoms with Crippen LogP contribution in [-0.4, -0.2) is 24.4 Å². The van der Waals surface area contributed by atoms with Crippen molar-refractivity contribution in [1.29, 1.82) is 0 Å². The molecule has 18 heavy (non-hydrogen) atoms. The summed E-state index contributed by atoms with van der Waals surface area (Å²) >= 11 is 1.61. The zero-order valence-electron chi connectivity index (χ0n) is 9.05. The number of rotatable bonds is 3. The Bertz CT molecular complexity index is 465. The molecule has 0 radical (unpaired) electrons. The van der Waals surface area contributed by atoms with Crippen molar-refractivity contribution in [3.05, 3.63) is 20.9 Å². The van der Waals surface area contributed by atoms with E-state index in [9.17, 15) is 18.0 Å². The van der Waals surface area contributed by atoms with E-state index in [1.54, 1.807) is 22.6 Å². The van der Waals surface area contributed by atoms with Crippen LogP contribution in [0.1, 0.15) is 16.1 Å². The summed E-state index contributed by atoms with van der Waals surface area (Å²) in [5.41, 5.74) is 5.36. The normalized spacial score (nSPS) is 11.2. The molecule has 5 nitrogen and oxygen atoms in total. The average Bonchev–Trinajstić information content (AvgIpc) is 2.28. The Morgan fingerprint density at radius 3 is 2.61 bits per heavy atom. The van der Waals surface area contributed by atoms with Gasteiger partial charge in [0.2, 0.25) is 5.88 Å². The van der Waals surface area contributed by atoms with Crippen LogP contribution in [0.15, 0.2) is 6.07 Å². The number of pyridine rings is 1. The number of nitrogens with two attached hydrogens (primary N) is 1. The summed E-state index contributed by atoms with van der Waals surface area (Å²) in [5.74, 6) is -1.58. The Morgan fingerprint density at radius 1 is 1.56 bits per heavy atom. The van der Waals surface area contributed by atoms with Gasteiger partial charge in [-0.15, -0.1) is 13.2 Å². The van der Waals surface area contributed by atoms with Gasteiger partial charge in [-0.3, -0.25) is 0 Å². The fourth-order valence-corrected chi connectivity index (χ4v) is 1.73. The molecule has 1 aromatic rings. The van der Waals surface area contributed by atoms with E-state index in [0.29, 0.717) is 0 Å². The van der Waals surface area contributed by atoms with Crippen molar-refractivity contribution in [2.75, 3.05) is 7.11 Å². The zero-order chi connectivity index (χ0) is 13.9. The van der Waals surface area contributed by atoms with Crippen molar-refractivity contribution in [1.82, 2.24) is 4.98 Å². The highest BCUT2D eigenvalue weighted by atomic mass is 127. The summed E-state index contributed by atoms with van der Waals surface area (Å²) in [4.78, 5) is 14.8. The Hall–Kier alpha value is -1.10. The lowest BCUT2D eigenvalue weighted by Crippen LogP contribution is -2.21. The Balaban J connectivity index is 3.25. The van der Waals surface area contributed by atoms with E-state index in [-0.39, 0.29) is 21.4 Å². The fourth-order valence-electron chi connectivity index (χ4n) is 1.12. The Labute approximate surface area is 114 Å². The molecule has 9 heteroatoms. The van der Waals surface area contributed by atoms with Gasteiger partial charge < -0.3 is 15.2 Å². The number of hydrogen-bond acceptors (Lipinski definition) is 5. The number of methoxy groups -OCH3 is 1. The van der Waals surface area contributed by atoms with E-state index < -0.39 is 18.2 Å². The van der Waals surface area contributed by atoms with Gasteiger partial charge >= 0.3 is 12.3 Å². The van der Waals surface area contributed by atoms with E-state index in [2.05, 4.69) is 14.5 Å². The van der Waals surface area contributed by atoms with Gasteiger partial charge in [-0.1, -0.05) is 0 Å². The maximum absolute atomic E-state index is 12.1. The van der Waals surface area contributed by atoms with Gasteiger partial charge in [0.15, 0.2) is 5.69 Å². The van der Waals surface area contributed by atoms with Crippen LogP contribution in [0.25, 0.3) is 0 Å². The van der Waals surface area contributed by atoms with Crippen LogP contribution >= 0.6 is 22.6 Å². The molecule has 0 saturated heterocycles. The molecule has 100 valence electrons. The number of carbonyl (C=O) groups is 1. The number of hydrogen-bond donors (Lipinski definition) is 1. The number of alkyl halides is 3. The zero-order valence-corrected chi connectivity index (χ0v) is 11.2. The highest BCUT2D eigenvalue weighted by Gasteiger charge is 2.33. The smallest absolute Gasteiger partial charge is 0.464 e. The van der Waals surface area contributed by atoms with Gasteiger partial charge in [-0.05, 0) is 28.7 Å². The van der Waals surface area contributed by atoms with Crippen LogP contribution < -0.4 is 10.5 Å². The first-order chi connectivity index (χ1) is 8.28. The number of nitrogens with zero attached hydrogens (tertiary/aromatic N) is 1. The molecule has 0 atom stereocenters. The van der Waals surface area contributed by atoms with Crippen LogP contribution in [0.5, 0.6) is 5.88 Å². The minimum absolute atomic E-state index is 0.0558. The summed E-state index contributed by atoms with van der Waals surface area (Å²) in [7, 11) is 1.09. The molecule has 0 saturated carbocycles. The van der Waals surface area contributed by atoms with E-state index in [0.717, 1.165) is 7.11 Å². The molecule has 0 spiro atoms. The van der Waals surface area contributed by atoms with Crippen LogP contribution in [0.4, 0.5) is 13.2 Å². The molecular formula is C9H8F3IN2O3. The lowest BCUT2D eigenvalue weighted by molar-refractivity contribution is -0.276. The molecule has 1 heterocycles. The number of carbonyl (C=O) groups excluding carboxylic acids is 1. The highest BCUT2D eigenvalue weighted by molar-refractivity contribution is 14.1. The number of aromatic nitrogens is 1. The van der Waals surface area contributed by atoms with Gasteiger partial charge in [0.1, 0.15) is 0 Å². The van der Waals surface area contributed by atoms with Gasteiger partial charge in [0, 0.05) is 12.1 Å². The SMILES string of the molecule is COC(=O)c1nc(OC(F)(F)F)c(I)cc1CN. The largest absolute Gasteiger partial charge is 0.574 e. The minimum atomic E-state index is -4.88. The third kappa shape index (κ3) is 3.70. The number of esters is 1. The van der Waals surface area contributed by atoms with E-state index in [1.165, 1.54) is 6.07 Å². The Kier molecular flexibility index (Phi) is 4.73. The summed E-state index contributed by atoms with van der Waals surface area (Å²) in [6.45, 7) is -0.0558. The van der Waals surface area contributed by atoms with Gasteiger partial charge in [-0.2, -0.15) is 0 Å². The number of halogens is 4. The van der Waals surface area contributed by atoms with Crippen molar-refractivity contribution in [2.45, 2.75) is 12.9 Å². The van der Waals surface area contributed by atoms with Crippen LogP contribution in [0, 0.1) is 3.57 Å². The van der Waals surface area contributed by atoms with Gasteiger partial charge in [-0.25, -0.2) is 9.78 Å². The molecule has 1 rings (SSSR count). The van der Waals surface area contributed by atoms with Crippen molar-refractivity contribution < 1.29 is 27.4 Å². The molecule has 0 unspecified atom stereocenters. The van der Waals surface area contributed by atoms with E-state index in [1.807, 2.05) is 0 Å². The lowest BCUT2D eigenvalue weighted by Gasteiger charge is -2.12. The molecule has 0 aliphatic carbocycles. The molecule has 1 aromatic heterocycles. The lowest BCUT2D eigenvalue weighted by atomic mass is 10.2. The molecule has 2 N–H and O–H groups in total. The van der Waals surface area contributed by atoms with Gasteiger partial charge in [0.25, 0.3) is 0 Å². The first-order valence-electron chi connectivity index (χ1n) is 4.52. The highest BCUT2D eigenvalue weighted by Crippen LogP contribution is 2.27. The van der Waals surface area contributed by atoms with E-state index >= 15 is 0 Å². The first-order valence-corrected chi connectivity index (χ1v) is 5.60. The second kappa shape index (κ2) is 5.69. The van der Waals surface area contributed by atoms with E-state index in [4.69, 9.17) is 5.73 Å². The molecular weight excluding hydrogens is 368 g/mol. The maximum atomic E-state index is 12.1. The predicted molar refractivity (Wildman–Crippen MR) is 62.9 cm³/mol. The average molecular weight is 376 g/mol. The fraction of sp³-hybridized carbons (Fsp3) is 0.333. The molecule has 0 aromatic carbocycles. The maximum Gasteiger partial charge on any atom is 0.574 e. The van der Waals surface area contributed by atoms with Crippen LogP contribution in [-0.2, 0) is 11.3 Å². The minimum Gasteiger partial charge on any atom is -0.464 e. The topological polar surface area (TPSA) is 74.4 Å². The third-order valence-electron chi connectivity index (χ3n) is 1.83. The third-order valence-corrected chi connectivity index (χ3v) is 2.61. The number of ether oxygens (including phenoxy) is 2. The molecule has 0 fully saturated rings. The van der Waals surface area contributed by atoms with Crippen molar-refractivity contribution >= 4 is 28.6 Å². The second-order valence-corrected chi connectivity index (χ2v) is 4.19.